The van der Waals surface area contributed by atoms with Crippen LogP contribution < -0.4 is 0 Å². The maximum atomic E-state index is 4.94. The van der Waals surface area contributed by atoms with E-state index in [1.165, 1.54) is 42.9 Å². The van der Waals surface area contributed by atoms with E-state index in [0.717, 1.165) is 12.1 Å². The molecule has 1 aromatic carbocycles. The second-order valence-corrected chi connectivity index (χ2v) is 6.73. The van der Waals surface area contributed by atoms with Gasteiger partial charge in [-0.15, -0.1) is 11.3 Å². The van der Waals surface area contributed by atoms with Crippen molar-refractivity contribution in [2.24, 2.45) is 0 Å². The lowest BCUT2D eigenvalue weighted by molar-refractivity contribution is 1.03. The van der Waals surface area contributed by atoms with Gasteiger partial charge >= 0.3 is 0 Å². The molecule has 0 spiro atoms. The summed E-state index contributed by atoms with van der Waals surface area (Å²) in [6.45, 7) is 11.0. The number of benzene rings is 1. The lowest BCUT2D eigenvalue weighted by atomic mass is 9.97. The van der Waals surface area contributed by atoms with Crippen LogP contribution in [0.15, 0.2) is 24.3 Å². The van der Waals surface area contributed by atoms with Gasteiger partial charge in [0.05, 0.1) is 10.6 Å². The van der Waals surface area contributed by atoms with Crippen molar-refractivity contribution < 1.29 is 0 Å². The Kier molecular flexibility index (Phi) is 3.58. The molecule has 21 heavy (non-hydrogen) atoms. The average molecular weight is 295 g/mol. The minimum absolute atomic E-state index is 1.03. The molecular weight excluding hydrogens is 274 g/mol. The van der Waals surface area contributed by atoms with Gasteiger partial charge in [0.1, 0.15) is 0 Å². The molecule has 3 aromatic rings. The predicted molar refractivity (Wildman–Crippen MR) is 93.4 cm³/mol. The minimum Gasteiger partial charge on any atom is -0.252 e. The number of rotatable bonds is 2. The van der Waals surface area contributed by atoms with Crippen molar-refractivity contribution in [1.29, 1.82) is 0 Å². The largest absolute Gasteiger partial charge is 0.252 e. The van der Waals surface area contributed by atoms with Gasteiger partial charge in [-0.05, 0) is 67.8 Å². The molecule has 0 amide bonds. The molecule has 108 valence electrons. The Morgan fingerprint density at radius 1 is 0.952 bits per heavy atom. The molecule has 3 rings (SSSR count). The van der Waals surface area contributed by atoms with Crippen LogP contribution in [0.2, 0.25) is 0 Å². The quantitative estimate of drug-likeness (QED) is 0.585. The number of thiophene rings is 1. The fourth-order valence-electron chi connectivity index (χ4n) is 3.01. The molecule has 0 aliphatic carbocycles. The van der Waals surface area contributed by atoms with E-state index in [0.29, 0.717) is 0 Å². The zero-order valence-electron chi connectivity index (χ0n) is 13.4. The first-order chi connectivity index (χ1) is 10.0. The van der Waals surface area contributed by atoms with Gasteiger partial charge in [-0.2, -0.15) is 0 Å². The second kappa shape index (κ2) is 5.27. The van der Waals surface area contributed by atoms with Gasteiger partial charge in [-0.25, -0.2) is 0 Å². The molecule has 0 fully saturated rings. The van der Waals surface area contributed by atoms with E-state index in [-0.39, 0.29) is 0 Å². The van der Waals surface area contributed by atoms with E-state index in [1.807, 2.05) is 11.3 Å². The fraction of sp³-hybridized carbons (Fsp3) is 0.316. The monoisotopic (exact) mass is 295 g/mol. The number of aryl methyl sites for hydroxylation is 2. The van der Waals surface area contributed by atoms with Crippen LogP contribution in [0.5, 0.6) is 0 Å². The Bertz CT molecular complexity index is 827. The van der Waals surface area contributed by atoms with Crippen molar-refractivity contribution in [3.8, 4) is 10.6 Å². The Labute approximate surface area is 130 Å². The highest BCUT2D eigenvalue weighted by Crippen LogP contribution is 2.39. The van der Waals surface area contributed by atoms with Crippen LogP contribution in [0.25, 0.3) is 20.7 Å². The summed E-state index contributed by atoms with van der Waals surface area (Å²) in [5.74, 6) is 0. The summed E-state index contributed by atoms with van der Waals surface area (Å²) in [5, 5.41) is 1.36. The molecule has 2 aromatic heterocycles. The molecule has 2 heteroatoms. The number of hydrogen-bond acceptors (Lipinski definition) is 2. The molecule has 0 saturated heterocycles. The average Bonchev–Trinajstić information content (AvgIpc) is 2.82. The van der Waals surface area contributed by atoms with Crippen LogP contribution in [-0.4, -0.2) is 4.98 Å². The summed E-state index contributed by atoms with van der Waals surface area (Å²) in [7, 11) is 0. The van der Waals surface area contributed by atoms with Gasteiger partial charge < -0.3 is 0 Å². The smallest absolute Gasteiger partial charge is 0.0842 e. The van der Waals surface area contributed by atoms with Gasteiger partial charge in [0, 0.05) is 10.4 Å². The SMILES string of the molecule is CCc1c(-c2sc3ccccc3c2C)nc(C)c(C)c1C. The van der Waals surface area contributed by atoms with Crippen molar-refractivity contribution in [2.75, 3.05) is 0 Å². The van der Waals surface area contributed by atoms with Crippen LogP contribution in [-0.2, 0) is 6.42 Å². The van der Waals surface area contributed by atoms with Crippen LogP contribution >= 0.6 is 11.3 Å². The highest BCUT2D eigenvalue weighted by Gasteiger charge is 2.17. The Morgan fingerprint density at radius 2 is 1.67 bits per heavy atom. The van der Waals surface area contributed by atoms with E-state index < -0.39 is 0 Å². The molecule has 0 unspecified atom stereocenters. The third-order valence-electron chi connectivity index (χ3n) is 4.54. The van der Waals surface area contributed by atoms with Crippen LogP contribution in [0.3, 0.4) is 0 Å². The predicted octanol–water partition coefficient (Wildman–Crippen LogP) is 5.76. The van der Waals surface area contributed by atoms with Gasteiger partial charge in [0.2, 0.25) is 0 Å². The van der Waals surface area contributed by atoms with Crippen LogP contribution in [0.4, 0.5) is 0 Å². The lowest BCUT2D eigenvalue weighted by Crippen LogP contribution is -2.01. The second-order valence-electron chi connectivity index (χ2n) is 5.68. The van der Waals surface area contributed by atoms with E-state index >= 15 is 0 Å². The number of nitrogens with zero attached hydrogens (tertiary/aromatic N) is 1. The Hall–Kier alpha value is -1.67. The minimum atomic E-state index is 1.03. The molecule has 0 radical (unpaired) electrons. The topological polar surface area (TPSA) is 12.9 Å². The molecule has 0 N–H and O–H groups in total. The van der Waals surface area contributed by atoms with Gasteiger partial charge in [0.15, 0.2) is 0 Å². The number of fused-ring (bicyclic) bond motifs is 1. The maximum absolute atomic E-state index is 4.94. The van der Waals surface area contributed by atoms with Gasteiger partial charge in [0.25, 0.3) is 0 Å². The lowest BCUT2D eigenvalue weighted by Gasteiger charge is -2.14. The Balaban J connectivity index is 2.35. The number of aromatic nitrogens is 1. The van der Waals surface area contributed by atoms with E-state index in [1.54, 1.807) is 0 Å². The normalized spacial score (nSPS) is 11.3. The van der Waals surface area contributed by atoms with Crippen molar-refractivity contribution in [2.45, 2.75) is 41.0 Å². The third kappa shape index (κ3) is 2.18. The highest BCUT2D eigenvalue weighted by molar-refractivity contribution is 7.22. The molecule has 0 saturated carbocycles. The molecule has 0 bridgehead atoms. The first-order valence-corrected chi connectivity index (χ1v) is 8.31. The first kappa shape index (κ1) is 14.3. The van der Waals surface area contributed by atoms with Gasteiger partial charge in [-0.1, -0.05) is 25.1 Å². The molecule has 1 nitrogen and oxygen atoms in total. The Morgan fingerprint density at radius 3 is 2.33 bits per heavy atom. The number of hydrogen-bond donors (Lipinski definition) is 0. The molecule has 2 heterocycles. The maximum Gasteiger partial charge on any atom is 0.0842 e. The number of pyridine rings is 1. The zero-order chi connectivity index (χ0) is 15.1. The highest BCUT2D eigenvalue weighted by atomic mass is 32.1. The van der Waals surface area contributed by atoms with E-state index in [4.69, 9.17) is 4.98 Å². The van der Waals surface area contributed by atoms with Crippen molar-refractivity contribution >= 4 is 21.4 Å². The summed E-state index contributed by atoms with van der Waals surface area (Å²) in [4.78, 5) is 6.27. The summed E-state index contributed by atoms with van der Waals surface area (Å²) < 4.78 is 1.35. The third-order valence-corrected chi connectivity index (χ3v) is 5.82. The molecule has 0 aliphatic rings. The summed E-state index contributed by atoms with van der Waals surface area (Å²) in [5.41, 5.74) is 7.83. The summed E-state index contributed by atoms with van der Waals surface area (Å²) in [6.07, 6.45) is 1.03. The summed E-state index contributed by atoms with van der Waals surface area (Å²) in [6, 6.07) is 8.65. The van der Waals surface area contributed by atoms with Crippen LogP contribution in [0, 0.1) is 27.7 Å². The van der Waals surface area contributed by atoms with Gasteiger partial charge in [-0.3, -0.25) is 4.98 Å². The van der Waals surface area contributed by atoms with Crippen LogP contribution in [0.1, 0.15) is 34.9 Å². The molecular formula is C19H21NS. The summed E-state index contributed by atoms with van der Waals surface area (Å²) >= 11 is 1.87. The zero-order valence-corrected chi connectivity index (χ0v) is 14.2. The fourth-order valence-corrected chi connectivity index (χ4v) is 4.24. The molecule has 0 aliphatic heterocycles. The molecule has 0 atom stereocenters. The van der Waals surface area contributed by atoms with Crippen molar-refractivity contribution in [3.05, 3.63) is 52.2 Å². The van der Waals surface area contributed by atoms with Crippen molar-refractivity contribution in [1.82, 2.24) is 4.98 Å². The van der Waals surface area contributed by atoms with E-state index in [9.17, 15) is 0 Å². The van der Waals surface area contributed by atoms with Crippen molar-refractivity contribution in [3.63, 3.8) is 0 Å². The first-order valence-electron chi connectivity index (χ1n) is 7.49. The standard InChI is InChI=1S/C19H21NS/c1-6-15-12(3)11(2)14(5)20-18(15)19-13(4)16-9-7-8-10-17(16)21-19/h7-10H,6H2,1-5H3. The van der Waals surface area contributed by atoms with E-state index in [2.05, 4.69) is 58.9 Å².